The number of esters is 1. The highest BCUT2D eigenvalue weighted by atomic mass is 16.5. The van der Waals surface area contributed by atoms with E-state index in [4.69, 9.17) is 10.00 Å². The fourth-order valence-electron chi connectivity index (χ4n) is 2.38. The van der Waals surface area contributed by atoms with Crippen LogP contribution in [-0.2, 0) is 20.9 Å². The Labute approximate surface area is 162 Å². The minimum Gasteiger partial charge on any atom is -0.463 e. The highest BCUT2D eigenvalue weighted by Crippen LogP contribution is 2.11. The van der Waals surface area contributed by atoms with Gasteiger partial charge in [-0.05, 0) is 50.1 Å². The number of carbonyl (C=O) groups is 2. The van der Waals surface area contributed by atoms with Gasteiger partial charge in [0, 0.05) is 11.8 Å². The van der Waals surface area contributed by atoms with Crippen molar-refractivity contribution >= 4 is 23.6 Å². The Balaban J connectivity index is 2.06. The molecule has 1 heterocycles. The fraction of sp³-hybridized carbons (Fsp3) is 0.250. The molecule has 0 aliphatic rings. The molecule has 2 rings (SSSR count). The lowest BCUT2D eigenvalue weighted by molar-refractivity contribution is -0.137. The van der Waals surface area contributed by atoms with Crippen LogP contribution in [0.5, 0.6) is 0 Å². The lowest BCUT2D eigenvalue weighted by atomic mass is 10.1. The number of rotatable bonds is 6. The molecule has 0 spiro atoms. The summed E-state index contributed by atoms with van der Waals surface area (Å²) in [5.41, 5.74) is 1.70. The molecule has 0 aliphatic carbocycles. The lowest BCUT2D eigenvalue weighted by Crippen LogP contribution is -2.32. The van der Waals surface area contributed by atoms with Gasteiger partial charge in [0.05, 0.1) is 12.3 Å². The van der Waals surface area contributed by atoms with Crippen LogP contribution in [0.3, 0.4) is 0 Å². The average Bonchev–Trinajstić information content (AvgIpc) is 2.66. The van der Waals surface area contributed by atoms with Crippen LogP contribution >= 0.6 is 0 Å². The van der Waals surface area contributed by atoms with Crippen LogP contribution in [0.25, 0.3) is 6.08 Å². The Morgan fingerprint density at radius 2 is 1.96 bits per heavy atom. The van der Waals surface area contributed by atoms with Gasteiger partial charge in [-0.3, -0.25) is 9.59 Å². The van der Waals surface area contributed by atoms with Gasteiger partial charge in [-0.25, -0.2) is 9.48 Å². The monoisotopic (exact) mass is 380 g/mol. The number of amides is 1. The number of aromatic nitrogens is 2. The van der Waals surface area contributed by atoms with E-state index in [-0.39, 0.29) is 12.1 Å². The first-order valence-electron chi connectivity index (χ1n) is 8.58. The molecule has 1 N–H and O–H groups in total. The predicted octanol–water partition coefficient (Wildman–Crippen LogP) is 1.95. The molecule has 1 aromatic carbocycles. The summed E-state index contributed by atoms with van der Waals surface area (Å²) in [7, 11) is 0. The van der Waals surface area contributed by atoms with Crippen molar-refractivity contribution in [2.24, 2.45) is 0 Å². The molecule has 0 bridgehead atoms. The maximum absolute atomic E-state index is 12.2. The van der Waals surface area contributed by atoms with Crippen molar-refractivity contribution in [1.29, 1.82) is 5.26 Å². The van der Waals surface area contributed by atoms with Gasteiger partial charge in [-0.1, -0.05) is 12.1 Å². The third kappa shape index (κ3) is 5.14. The highest BCUT2D eigenvalue weighted by Gasteiger charge is 2.14. The van der Waals surface area contributed by atoms with E-state index in [0.717, 1.165) is 10.2 Å². The molecule has 0 unspecified atom stereocenters. The Morgan fingerprint density at radius 1 is 1.29 bits per heavy atom. The zero-order chi connectivity index (χ0) is 20.7. The molecule has 144 valence electrons. The average molecular weight is 380 g/mol. The van der Waals surface area contributed by atoms with Gasteiger partial charge in [-0.2, -0.15) is 10.4 Å². The number of nitriles is 1. The molecule has 0 radical (unpaired) electrons. The first-order chi connectivity index (χ1) is 13.3. The summed E-state index contributed by atoms with van der Waals surface area (Å²) in [6.45, 7) is 5.05. The third-order valence-corrected chi connectivity index (χ3v) is 3.93. The maximum Gasteiger partial charge on any atom is 0.330 e. The van der Waals surface area contributed by atoms with Crippen molar-refractivity contribution in [3.63, 3.8) is 0 Å². The number of carbonyl (C=O) groups excluding carboxylic acids is 2. The number of hydrogen-bond donors (Lipinski definition) is 1. The number of ether oxygens (including phenoxy) is 1. The van der Waals surface area contributed by atoms with Crippen LogP contribution in [0, 0.1) is 25.2 Å². The molecule has 0 fully saturated rings. The maximum atomic E-state index is 12.2. The van der Waals surface area contributed by atoms with Crippen LogP contribution in [0.4, 0.5) is 5.69 Å². The second-order valence-corrected chi connectivity index (χ2v) is 5.92. The normalized spacial score (nSPS) is 10.5. The SMILES string of the molecule is CCOC(=O)/C=C/c1ccc(NC(=O)Cn2nc(C)c(C)c(C#N)c2=O)cc1. The molecule has 8 heteroatoms. The second-order valence-electron chi connectivity index (χ2n) is 5.92. The fourth-order valence-corrected chi connectivity index (χ4v) is 2.38. The minimum absolute atomic E-state index is 0.0157. The first-order valence-corrected chi connectivity index (χ1v) is 8.58. The molecule has 0 atom stereocenters. The van der Waals surface area contributed by atoms with Crippen molar-refractivity contribution in [2.45, 2.75) is 27.3 Å². The van der Waals surface area contributed by atoms with E-state index < -0.39 is 17.4 Å². The number of nitrogens with zero attached hydrogens (tertiary/aromatic N) is 3. The van der Waals surface area contributed by atoms with Gasteiger partial charge in [-0.15, -0.1) is 0 Å². The largest absolute Gasteiger partial charge is 0.463 e. The van der Waals surface area contributed by atoms with Crippen LogP contribution in [0.2, 0.25) is 0 Å². The van der Waals surface area contributed by atoms with Crippen LogP contribution < -0.4 is 10.9 Å². The van der Waals surface area contributed by atoms with Gasteiger partial charge < -0.3 is 10.1 Å². The molecular weight excluding hydrogens is 360 g/mol. The Bertz CT molecular complexity index is 1010. The summed E-state index contributed by atoms with van der Waals surface area (Å²) in [6.07, 6.45) is 2.92. The molecule has 0 aliphatic heterocycles. The molecule has 1 aromatic heterocycles. The number of hydrogen-bond acceptors (Lipinski definition) is 6. The van der Waals surface area contributed by atoms with Crippen LogP contribution in [0.1, 0.15) is 29.3 Å². The zero-order valence-electron chi connectivity index (χ0n) is 15.9. The smallest absolute Gasteiger partial charge is 0.330 e. The predicted molar refractivity (Wildman–Crippen MR) is 103 cm³/mol. The quantitative estimate of drug-likeness (QED) is 0.605. The number of benzene rings is 1. The van der Waals surface area contributed by atoms with Gasteiger partial charge in [0.1, 0.15) is 18.2 Å². The standard InChI is InChI=1S/C20H20N4O4/c1-4-28-19(26)10-7-15-5-8-16(9-6-15)22-18(25)12-24-20(27)17(11-21)13(2)14(3)23-24/h5-10H,4,12H2,1-3H3,(H,22,25)/b10-7+. The van der Waals surface area contributed by atoms with E-state index in [0.29, 0.717) is 23.6 Å². The van der Waals surface area contributed by atoms with E-state index in [1.807, 2.05) is 6.07 Å². The zero-order valence-corrected chi connectivity index (χ0v) is 15.9. The molecule has 0 saturated carbocycles. The van der Waals surface area contributed by atoms with Crippen LogP contribution in [-0.4, -0.2) is 28.3 Å². The minimum atomic E-state index is -0.597. The summed E-state index contributed by atoms with van der Waals surface area (Å²) < 4.78 is 5.78. The van der Waals surface area contributed by atoms with Crippen molar-refractivity contribution in [1.82, 2.24) is 9.78 Å². The van der Waals surface area contributed by atoms with Gasteiger partial charge in [0.2, 0.25) is 5.91 Å². The van der Waals surface area contributed by atoms with Gasteiger partial charge >= 0.3 is 5.97 Å². The lowest BCUT2D eigenvalue weighted by Gasteiger charge is -2.09. The Morgan fingerprint density at radius 3 is 2.57 bits per heavy atom. The second kappa shape index (κ2) is 9.28. The summed E-state index contributed by atoms with van der Waals surface area (Å²) in [6, 6.07) is 8.63. The topological polar surface area (TPSA) is 114 Å². The van der Waals surface area contributed by atoms with Gasteiger partial charge in [0.15, 0.2) is 0 Å². The van der Waals surface area contributed by atoms with Crippen molar-refractivity contribution < 1.29 is 14.3 Å². The molecular formula is C20H20N4O4. The molecule has 0 saturated heterocycles. The van der Waals surface area contributed by atoms with E-state index in [9.17, 15) is 14.4 Å². The summed E-state index contributed by atoms with van der Waals surface area (Å²) in [5.74, 6) is -0.875. The highest BCUT2D eigenvalue weighted by molar-refractivity contribution is 5.91. The van der Waals surface area contributed by atoms with E-state index in [1.165, 1.54) is 6.08 Å². The Hall–Kier alpha value is -3.73. The summed E-state index contributed by atoms with van der Waals surface area (Å²) >= 11 is 0. The number of aryl methyl sites for hydroxylation is 1. The van der Waals surface area contributed by atoms with Gasteiger partial charge in [0.25, 0.3) is 5.56 Å². The van der Waals surface area contributed by atoms with Crippen molar-refractivity contribution in [3.05, 3.63) is 63.1 Å². The van der Waals surface area contributed by atoms with Crippen molar-refractivity contribution in [3.8, 4) is 6.07 Å². The molecule has 1 amide bonds. The van der Waals surface area contributed by atoms with E-state index in [1.54, 1.807) is 51.1 Å². The van der Waals surface area contributed by atoms with Crippen molar-refractivity contribution in [2.75, 3.05) is 11.9 Å². The van der Waals surface area contributed by atoms with E-state index >= 15 is 0 Å². The summed E-state index contributed by atoms with van der Waals surface area (Å²) in [4.78, 5) is 35.8. The Kier molecular flexibility index (Phi) is 6.82. The number of anilines is 1. The number of nitrogens with one attached hydrogen (secondary N) is 1. The van der Waals surface area contributed by atoms with Crippen LogP contribution in [0.15, 0.2) is 35.1 Å². The molecule has 8 nitrogen and oxygen atoms in total. The molecule has 2 aromatic rings. The molecule has 28 heavy (non-hydrogen) atoms. The summed E-state index contributed by atoms with van der Waals surface area (Å²) in [5, 5.41) is 15.9. The third-order valence-electron chi connectivity index (χ3n) is 3.93. The van der Waals surface area contributed by atoms with E-state index in [2.05, 4.69) is 10.4 Å². The first kappa shape index (κ1) is 20.6.